The minimum atomic E-state index is 0.894. The normalized spacial score (nSPS) is 11.1. The minimum absolute atomic E-state index is 0.894. The molecule has 3 nitrogen and oxygen atoms in total. The highest BCUT2D eigenvalue weighted by Crippen LogP contribution is 2.32. The number of thiazole rings is 1. The van der Waals surface area contributed by atoms with Crippen LogP contribution in [0.15, 0.2) is 59.3 Å². The van der Waals surface area contributed by atoms with Crippen molar-refractivity contribution in [1.82, 2.24) is 9.97 Å². The summed E-state index contributed by atoms with van der Waals surface area (Å²) in [6.07, 6.45) is 3.50. The van der Waals surface area contributed by atoms with Crippen LogP contribution in [0.25, 0.3) is 32.2 Å². The molecule has 0 unspecified atom stereocenters. The van der Waals surface area contributed by atoms with Gasteiger partial charge in [0.1, 0.15) is 21.1 Å². The molecule has 0 aliphatic carbocycles. The Morgan fingerprint density at radius 2 is 2.05 bits per heavy atom. The van der Waals surface area contributed by atoms with Gasteiger partial charge >= 0.3 is 0 Å². The van der Waals surface area contributed by atoms with Crippen LogP contribution >= 0.6 is 11.3 Å². The van der Waals surface area contributed by atoms with E-state index in [1.54, 1.807) is 23.8 Å². The van der Waals surface area contributed by atoms with Crippen molar-refractivity contribution in [3.05, 3.63) is 60.5 Å². The highest BCUT2D eigenvalue weighted by atomic mass is 32.1. The minimum Gasteiger partial charge on any atom is -0.464 e. The molecule has 0 aliphatic heterocycles. The van der Waals surface area contributed by atoms with Crippen LogP contribution in [0.2, 0.25) is 0 Å². The van der Waals surface area contributed by atoms with Crippen molar-refractivity contribution in [3.63, 3.8) is 0 Å². The Morgan fingerprint density at radius 3 is 2.81 bits per heavy atom. The lowest BCUT2D eigenvalue weighted by Crippen LogP contribution is -1.83. The smallest absolute Gasteiger partial charge is 0.143 e. The zero-order valence-electron chi connectivity index (χ0n) is 11.4. The number of hydrogen-bond acceptors (Lipinski definition) is 4. The standard InChI is InChI=1S/C17H12N2OS/c1-11-10-12(6-7-13(11)15-5-3-9-20-15)16-19-14-4-2-8-18-17(14)21-16/h2-10H,1H3. The van der Waals surface area contributed by atoms with Gasteiger partial charge < -0.3 is 4.42 Å². The van der Waals surface area contributed by atoms with Crippen molar-refractivity contribution in [2.75, 3.05) is 0 Å². The van der Waals surface area contributed by atoms with Gasteiger partial charge in [0.05, 0.1) is 6.26 Å². The molecule has 4 rings (SSSR count). The molecule has 0 fully saturated rings. The van der Waals surface area contributed by atoms with E-state index >= 15 is 0 Å². The van der Waals surface area contributed by atoms with Crippen LogP contribution in [-0.2, 0) is 0 Å². The van der Waals surface area contributed by atoms with Crippen molar-refractivity contribution in [1.29, 1.82) is 0 Å². The molecule has 0 N–H and O–H groups in total. The molecular weight excluding hydrogens is 280 g/mol. The Morgan fingerprint density at radius 1 is 1.10 bits per heavy atom. The van der Waals surface area contributed by atoms with Crippen LogP contribution in [0.1, 0.15) is 5.56 Å². The molecule has 1 aromatic carbocycles. The summed E-state index contributed by atoms with van der Waals surface area (Å²) < 4.78 is 5.47. The van der Waals surface area contributed by atoms with E-state index in [2.05, 4.69) is 35.1 Å². The summed E-state index contributed by atoms with van der Waals surface area (Å²) in [6.45, 7) is 2.09. The summed E-state index contributed by atoms with van der Waals surface area (Å²) in [4.78, 5) is 9.97. The van der Waals surface area contributed by atoms with Crippen molar-refractivity contribution in [2.24, 2.45) is 0 Å². The van der Waals surface area contributed by atoms with Crippen molar-refractivity contribution >= 4 is 21.7 Å². The SMILES string of the molecule is Cc1cc(-c2nc3cccnc3s2)ccc1-c1ccco1. The second-order valence-corrected chi connectivity index (χ2v) is 5.83. The monoisotopic (exact) mass is 292 g/mol. The molecule has 102 valence electrons. The van der Waals surface area contributed by atoms with E-state index in [0.717, 1.165) is 32.2 Å². The Bertz CT molecular complexity index is 877. The van der Waals surface area contributed by atoms with E-state index in [4.69, 9.17) is 4.42 Å². The van der Waals surface area contributed by atoms with Crippen molar-refractivity contribution in [2.45, 2.75) is 6.92 Å². The number of furan rings is 1. The van der Waals surface area contributed by atoms with Crippen LogP contribution in [0, 0.1) is 6.92 Å². The summed E-state index contributed by atoms with van der Waals surface area (Å²) in [5.41, 5.74) is 4.36. The molecule has 0 saturated carbocycles. The molecule has 4 heteroatoms. The van der Waals surface area contributed by atoms with E-state index in [0.29, 0.717) is 0 Å². The quantitative estimate of drug-likeness (QED) is 0.526. The first-order chi connectivity index (χ1) is 10.3. The average molecular weight is 292 g/mol. The fourth-order valence-electron chi connectivity index (χ4n) is 2.40. The van der Waals surface area contributed by atoms with Crippen LogP contribution in [-0.4, -0.2) is 9.97 Å². The van der Waals surface area contributed by atoms with E-state index in [9.17, 15) is 0 Å². The van der Waals surface area contributed by atoms with Crippen LogP contribution in [0.5, 0.6) is 0 Å². The zero-order chi connectivity index (χ0) is 14.2. The second-order valence-electron chi connectivity index (χ2n) is 4.85. The topological polar surface area (TPSA) is 38.9 Å². The van der Waals surface area contributed by atoms with Gasteiger partial charge in [-0.15, -0.1) is 0 Å². The fraction of sp³-hybridized carbons (Fsp3) is 0.0588. The third kappa shape index (κ3) is 2.14. The van der Waals surface area contributed by atoms with Gasteiger partial charge in [-0.2, -0.15) is 0 Å². The van der Waals surface area contributed by atoms with Gasteiger partial charge in [-0.3, -0.25) is 0 Å². The zero-order valence-corrected chi connectivity index (χ0v) is 12.2. The summed E-state index contributed by atoms with van der Waals surface area (Å²) in [6, 6.07) is 14.1. The molecule has 0 amide bonds. The molecular formula is C17H12N2OS. The molecule has 0 saturated heterocycles. The molecule has 3 aromatic heterocycles. The lowest BCUT2D eigenvalue weighted by atomic mass is 10.0. The Hall–Kier alpha value is -2.46. The predicted molar refractivity (Wildman–Crippen MR) is 85.3 cm³/mol. The Kier molecular flexibility index (Phi) is 2.82. The summed E-state index contributed by atoms with van der Waals surface area (Å²) in [7, 11) is 0. The number of nitrogens with zero attached hydrogens (tertiary/aromatic N) is 2. The molecule has 3 heterocycles. The first kappa shape index (κ1) is 12.3. The number of rotatable bonds is 2. The predicted octanol–water partition coefficient (Wildman–Crippen LogP) is 4.93. The summed E-state index contributed by atoms with van der Waals surface area (Å²) >= 11 is 1.62. The van der Waals surface area contributed by atoms with Gasteiger partial charge in [0.25, 0.3) is 0 Å². The number of aromatic nitrogens is 2. The molecule has 0 spiro atoms. The van der Waals surface area contributed by atoms with Gasteiger partial charge in [-0.05, 0) is 42.8 Å². The highest BCUT2D eigenvalue weighted by Gasteiger charge is 2.10. The number of aryl methyl sites for hydroxylation is 1. The van der Waals surface area contributed by atoms with Crippen LogP contribution in [0.3, 0.4) is 0 Å². The third-order valence-corrected chi connectivity index (χ3v) is 4.45. The first-order valence-electron chi connectivity index (χ1n) is 6.68. The number of benzene rings is 1. The maximum absolute atomic E-state index is 5.47. The second kappa shape index (κ2) is 4.82. The number of hydrogen-bond donors (Lipinski definition) is 0. The van der Waals surface area contributed by atoms with E-state index < -0.39 is 0 Å². The van der Waals surface area contributed by atoms with Crippen LogP contribution in [0.4, 0.5) is 0 Å². The van der Waals surface area contributed by atoms with Gasteiger partial charge in [0, 0.05) is 17.3 Å². The van der Waals surface area contributed by atoms with Crippen LogP contribution < -0.4 is 0 Å². The van der Waals surface area contributed by atoms with E-state index in [-0.39, 0.29) is 0 Å². The van der Waals surface area contributed by atoms with Crippen molar-refractivity contribution < 1.29 is 4.42 Å². The maximum atomic E-state index is 5.47. The van der Waals surface area contributed by atoms with Gasteiger partial charge in [0.2, 0.25) is 0 Å². The summed E-state index contributed by atoms with van der Waals surface area (Å²) in [5.74, 6) is 0.894. The maximum Gasteiger partial charge on any atom is 0.143 e. The molecule has 21 heavy (non-hydrogen) atoms. The largest absolute Gasteiger partial charge is 0.464 e. The fourth-order valence-corrected chi connectivity index (χ4v) is 3.30. The third-order valence-electron chi connectivity index (χ3n) is 3.43. The number of pyridine rings is 1. The Labute approximate surface area is 125 Å². The average Bonchev–Trinajstić information content (AvgIpc) is 3.16. The lowest BCUT2D eigenvalue weighted by molar-refractivity contribution is 0.582. The molecule has 0 aliphatic rings. The molecule has 0 atom stereocenters. The molecule has 4 aromatic rings. The Balaban J connectivity index is 1.80. The van der Waals surface area contributed by atoms with Gasteiger partial charge in [-0.25, -0.2) is 9.97 Å². The summed E-state index contributed by atoms with van der Waals surface area (Å²) in [5, 5.41) is 0.998. The first-order valence-corrected chi connectivity index (χ1v) is 7.49. The number of fused-ring (bicyclic) bond motifs is 1. The molecule has 0 bridgehead atoms. The van der Waals surface area contributed by atoms with E-state index in [1.807, 2.05) is 24.3 Å². The lowest BCUT2D eigenvalue weighted by Gasteiger charge is -2.04. The highest BCUT2D eigenvalue weighted by molar-refractivity contribution is 7.21. The van der Waals surface area contributed by atoms with Gasteiger partial charge in [0.15, 0.2) is 0 Å². The van der Waals surface area contributed by atoms with Gasteiger partial charge in [-0.1, -0.05) is 23.5 Å². The van der Waals surface area contributed by atoms with E-state index in [1.165, 1.54) is 5.56 Å². The van der Waals surface area contributed by atoms with Crippen molar-refractivity contribution in [3.8, 4) is 21.9 Å². The molecule has 0 radical (unpaired) electrons.